The van der Waals surface area contributed by atoms with Crippen molar-refractivity contribution in [1.82, 2.24) is 5.32 Å². The third kappa shape index (κ3) is 4.15. The minimum atomic E-state index is -4.82. The van der Waals surface area contributed by atoms with E-state index in [4.69, 9.17) is 5.73 Å². The van der Waals surface area contributed by atoms with Crippen molar-refractivity contribution in [3.63, 3.8) is 0 Å². The van der Waals surface area contributed by atoms with Gasteiger partial charge in [0.05, 0.1) is 0 Å². The molecule has 0 bridgehead atoms. The molecule has 1 saturated carbocycles. The van der Waals surface area contributed by atoms with E-state index in [0.717, 1.165) is 12.8 Å². The first-order valence-electron chi connectivity index (χ1n) is 6.04. The monoisotopic (exact) mass is 266 g/mol. The summed E-state index contributed by atoms with van der Waals surface area (Å²) in [4.78, 5) is 10.8. The summed E-state index contributed by atoms with van der Waals surface area (Å²) in [7, 11) is 0. The van der Waals surface area contributed by atoms with E-state index in [0.29, 0.717) is 6.42 Å². The first kappa shape index (κ1) is 15.3. The van der Waals surface area contributed by atoms with Crippen molar-refractivity contribution in [1.29, 1.82) is 0 Å². The number of nitrogens with one attached hydrogen (secondary N) is 1. The second kappa shape index (κ2) is 4.72. The summed E-state index contributed by atoms with van der Waals surface area (Å²) in [6.07, 6.45) is -2.57. The maximum absolute atomic E-state index is 12.1. The molecule has 0 aromatic carbocycles. The third-order valence-electron chi connectivity index (χ3n) is 3.41. The van der Waals surface area contributed by atoms with Crippen LogP contribution in [0.1, 0.15) is 40.0 Å². The van der Waals surface area contributed by atoms with Crippen molar-refractivity contribution in [3.05, 3.63) is 0 Å². The molecule has 0 spiro atoms. The SMILES string of the molecule is CC1(C)CC(N)CC(C)(CNC(=O)C(F)(F)F)C1. The van der Waals surface area contributed by atoms with Crippen LogP contribution >= 0.6 is 0 Å². The molecule has 1 aliphatic rings. The summed E-state index contributed by atoms with van der Waals surface area (Å²) in [5.41, 5.74) is 5.57. The minimum Gasteiger partial charge on any atom is -0.348 e. The number of amides is 1. The Morgan fingerprint density at radius 2 is 1.89 bits per heavy atom. The van der Waals surface area contributed by atoms with Crippen LogP contribution in [-0.2, 0) is 4.79 Å². The zero-order valence-electron chi connectivity index (χ0n) is 11.0. The number of rotatable bonds is 2. The number of carbonyl (C=O) groups excluding carboxylic acids is 1. The fraction of sp³-hybridized carbons (Fsp3) is 0.917. The van der Waals surface area contributed by atoms with Gasteiger partial charge in [0.2, 0.25) is 0 Å². The zero-order valence-corrected chi connectivity index (χ0v) is 11.0. The van der Waals surface area contributed by atoms with Gasteiger partial charge in [-0.15, -0.1) is 0 Å². The van der Waals surface area contributed by atoms with Crippen LogP contribution in [0.15, 0.2) is 0 Å². The van der Waals surface area contributed by atoms with Crippen LogP contribution in [-0.4, -0.2) is 24.7 Å². The van der Waals surface area contributed by atoms with E-state index in [9.17, 15) is 18.0 Å². The molecule has 2 unspecified atom stereocenters. The highest BCUT2D eigenvalue weighted by molar-refractivity contribution is 5.81. The molecule has 0 saturated heterocycles. The van der Waals surface area contributed by atoms with Gasteiger partial charge in [-0.25, -0.2) is 0 Å². The summed E-state index contributed by atoms with van der Waals surface area (Å²) >= 11 is 0. The van der Waals surface area contributed by atoms with Gasteiger partial charge in [-0.2, -0.15) is 13.2 Å². The first-order chi connectivity index (χ1) is 7.94. The Balaban J connectivity index is 2.62. The van der Waals surface area contributed by atoms with E-state index in [1.807, 2.05) is 12.2 Å². The Morgan fingerprint density at radius 3 is 2.33 bits per heavy atom. The molecule has 0 aromatic rings. The smallest absolute Gasteiger partial charge is 0.348 e. The predicted molar refractivity (Wildman–Crippen MR) is 62.8 cm³/mol. The second-order valence-electron chi connectivity index (χ2n) is 6.50. The molecule has 0 radical (unpaired) electrons. The van der Waals surface area contributed by atoms with Gasteiger partial charge in [-0.3, -0.25) is 4.79 Å². The van der Waals surface area contributed by atoms with Crippen LogP contribution < -0.4 is 11.1 Å². The molecule has 1 fully saturated rings. The van der Waals surface area contributed by atoms with Crippen molar-refractivity contribution in [2.75, 3.05) is 6.54 Å². The van der Waals surface area contributed by atoms with Gasteiger partial charge in [0.1, 0.15) is 0 Å². The van der Waals surface area contributed by atoms with Crippen molar-refractivity contribution < 1.29 is 18.0 Å². The molecule has 3 nitrogen and oxygen atoms in total. The highest BCUT2D eigenvalue weighted by Crippen LogP contribution is 2.45. The minimum absolute atomic E-state index is 0.00459. The van der Waals surface area contributed by atoms with Crippen molar-refractivity contribution in [2.24, 2.45) is 16.6 Å². The summed E-state index contributed by atoms with van der Waals surface area (Å²) in [5, 5.41) is 1.97. The maximum Gasteiger partial charge on any atom is 0.471 e. The predicted octanol–water partition coefficient (Wildman–Crippen LogP) is 2.21. The van der Waals surface area contributed by atoms with Gasteiger partial charge in [0.15, 0.2) is 0 Å². The van der Waals surface area contributed by atoms with E-state index in [1.54, 1.807) is 0 Å². The average Bonchev–Trinajstić information content (AvgIpc) is 2.08. The van der Waals surface area contributed by atoms with Crippen LogP contribution in [0, 0.1) is 10.8 Å². The number of nitrogens with two attached hydrogens (primary N) is 1. The van der Waals surface area contributed by atoms with Crippen LogP contribution in [0.2, 0.25) is 0 Å². The number of hydrogen-bond donors (Lipinski definition) is 2. The van der Waals surface area contributed by atoms with E-state index >= 15 is 0 Å². The van der Waals surface area contributed by atoms with Crippen molar-refractivity contribution in [3.8, 4) is 0 Å². The first-order valence-corrected chi connectivity index (χ1v) is 6.04. The third-order valence-corrected chi connectivity index (χ3v) is 3.41. The Bertz CT molecular complexity index is 328. The molecule has 0 heterocycles. The van der Waals surface area contributed by atoms with Gasteiger partial charge in [-0.1, -0.05) is 20.8 Å². The van der Waals surface area contributed by atoms with Crippen LogP contribution in [0.25, 0.3) is 0 Å². The molecule has 0 aliphatic heterocycles. The van der Waals surface area contributed by atoms with E-state index in [2.05, 4.69) is 13.8 Å². The molecule has 6 heteroatoms. The van der Waals surface area contributed by atoms with Gasteiger partial charge < -0.3 is 11.1 Å². The highest BCUT2D eigenvalue weighted by atomic mass is 19.4. The lowest BCUT2D eigenvalue weighted by molar-refractivity contribution is -0.174. The van der Waals surface area contributed by atoms with Crippen LogP contribution in [0.4, 0.5) is 13.2 Å². The maximum atomic E-state index is 12.1. The topological polar surface area (TPSA) is 55.1 Å². The molecule has 1 amide bonds. The number of carbonyl (C=O) groups is 1. The molecule has 106 valence electrons. The van der Waals surface area contributed by atoms with Crippen molar-refractivity contribution >= 4 is 5.91 Å². The Morgan fingerprint density at radius 1 is 1.33 bits per heavy atom. The lowest BCUT2D eigenvalue weighted by Gasteiger charge is -2.45. The Labute approximate surface area is 105 Å². The molecule has 18 heavy (non-hydrogen) atoms. The number of halogens is 3. The molecule has 3 N–H and O–H groups in total. The number of hydrogen-bond acceptors (Lipinski definition) is 2. The van der Waals surface area contributed by atoms with Crippen molar-refractivity contribution in [2.45, 2.75) is 52.3 Å². The lowest BCUT2D eigenvalue weighted by Crippen LogP contribution is -2.49. The molecule has 1 rings (SSSR count). The summed E-state index contributed by atoms with van der Waals surface area (Å²) < 4.78 is 36.4. The van der Waals surface area contributed by atoms with E-state index in [-0.39, 0.29) is 23.4 Å². The second-order valence-corrected chi connectivity index (χ2v) is 6.50. The fourth-order valence-corrected chi connectivity index (χ4v) is 3.24. The molecule has 1 aliphatic carbocycles. The quantitative estimate of drug-likeness (QED) is 0.805. The zero-order chi connectivity index (χ0) is 14.2. The summed E-state index contributed by atoms with van der Waals surface area (Å²) in [6, 6.07) is -0.0264. The number of alkyl halides is 3. The normalized spacial score (nSPS) is 32.1. The van der Waals surface area contributed by atoms with E-state index < -0.39 is 12.1 Å². The van der Waals surface area contributed by atoms with E-state index in [1.165, 1.54) is 0 Å². The van der Waals surface area contributed by atoms with Crippen LogP contribution in [0.5, 0.6) is 0 Å². The van der Waals surface area contributed by atoms with Gasteiger partial charge in [-0.05, 0) is 30.1 Å². The Hall–Kier alpha value is -0.780. The summed E-state index contributed by atoms with van der Waals surface area (Å²) in [6.45, 7) is 6.00. The largest absolute Gasteiger partial charge is 0.471 e. The van der Waals surface area contributed by atoms with Crippen LogP contribution in [0.3, 0.4) is 0 Å². The fourth-order valence-electron chi connectivity index (χ4n) is 3.24. The molecule has 0 aromatic heterocycles. The van der Waals surface area contributed by atoms with Gasteiger partial charge >= 0.3 is 12.1 Å². The lowest BCUT2D eigenvalue weighted by atomic mass is 9.63. The van der Waals surface area contributed by atoms with Gasteiger partial charge in [0, 0.05) is 12.6 Å². The Kier molecular flexibility index (Phi) is 4.00. The summed E-state index contributed by atoms with van der Waals surface area (Å²) in [5.74, 6) is -1.87. The molecule has 2 atom stereocenters. The average molecular weight is 266 g/mol. The standard InChI is InChI=1S/C12H21F3N2O/c1-10(2)4-8(16)5-11(3,6-10)7-17-9(18)12(13,14)15/h8H,4-7,16H2,1-3H3,(H,17,18). The highest BCUT2D eigenvalue weighted by Gasteiger charge is 2.43. The molecular weight excluding hydrogens is 245 g/mol. The molecular formula is C12H21F3N2O. The van der Waals surface area contributed by atoms with Gasteiger partial charge in [0.25, 0.3) is 0 Å².